The maximum absolute atomic E-state index is 14.2. The van der Waals surface area contributed by atoms with Crippen LogP contribution in [0.25, 0.3) is 0 Å². The number of amides is 2. The van der Waals surface area contributed by atoms with Gasteiger partial charge in [0, 0.05) is 19.0 Å². The summed E-state index contributed by atoms with van der Waals surface area (Å²) in [6, 6.07) is 20.5. The Balaban J connectivity index is 1.73. The topological polar surface area (TPSA) is 86.8 Å². The third-order valence-electron chi connectivity index (χ3n) is 7.36. The Labute approximate surface area is 262 Å². The quantitative estimate of drug-likeness (QED) is 0.240. The third-order valence-corrected chi connectivity index (χ3v) is 9.51. The summed E-state index contributed by atoms with van der Waals surface area (Å²) >= 11 is 18.7. The molecule has 1 aliphatic carbocycles. The summed E-state index contributed by atoms with van der Waals surface area (Å²) in [5.41, 5.74) is 1.69. The minimum Gasteiger partial charge on any atom is -0.352 e. The first kappa shape index (κ1) is 32.1. The van der Waals surface area contributed by atoms with Gasteiger partial charge in [0.2, 0.25) is 21.8 Å². The molecular weight excluding hydrogens is 617 g/mol. The Bertz CT molecular complexity index is 1480. The normalized spacial score (nSPS) is 14.7. The van der Waals surface area contributed by atoms with Gasteiger partial charge in [-0.3, -0.25) is 13.9 Å². The zero-order valence-electron chi connectivity index (χ0n) is 23.3. The average molecular weight is 651 g/mol. The van der Waals surface area contributed by atoms with Crippen molar-refractivity contribution in [1.82, 2.24) is 10.2 Å². The molecule has 0 radical (unpaired) electrons. The van der Waals surface area contributed by atoms with Crippen molar-refractivity contribution in [1.29, 1.82) is 0 Å². The lowest BCUT2D eigenvalue weighted by molar-refractivity contribution is -0.140. The maximum Gasteiger partial charge on any atom is 0.244 e. The van der Waals surface area contributed by atoms with Crippen LogP contribution in [0.3, 0.4) is 0 Å². The van der Waals surface area contributed by atoms with Crippen LogP contribution in [0.2, 0.25) is 15.1 Å². The molecule has 4 rings (SSSR count). The molecule has 1 aliphatic rings. The monoisotopic (exact) mass is 649 g/mol. The number of hydrogen-bond donors (Lipinski definition) is 1. The van der Waals surface area contributed by atoms with Gasteiger partial charge in [-0.25, -0.2) is 8.42 Å². The highest BCUT2D eigenvalue weighted by Gasteiger charge is 2.34. The van der Waals surface area contributed by atoms with Crippen molar-refractivity contribution in [2.75, 3.05) is 17.1 Å². The molecule has 3 aromatic rings. The average Bonchev–Trinajstić information content (AvgIpc) is 2.96. The van der Waals surface area contributed by atoms with E-state index in [0.29, 0.717) is 0 Å². The van der Waals surface area contributed by atoms with E-state index in [1.165, 1.54) is 17.0 Å². The van der Waals surface area contributed by atoms with Gasteiger partial charge in [-0.05, 0) is 36.1 Å². The van der Waals surface area contributed by atoms with E-state index >= 15 is 0 Å². The largest absolute Gasteiger partial charge is 0.352 e. The van der Waals surface area contributed by atoms with Gasteiger partial charge in [0.05, 0.1) is 27.0 Å². The Morgan fingerprint density at radius 1 is 0.857 bits per heavy atom. The van der Waals surface area contributed by atoms with Crippen LogP contribution in [0.5, 0.6) is 0 Å². The van der Waals surface area contributed by atoms with Crippen LogP contribution in [0.4, 0.5) is 5.69 Å². The summed E-state index contributed by atoms with van der Waals surface area (Å²) in [7, 11) is -4.00. The van der Waals surface area contributed by atoms with Crippen molar-refractivity contribution in [2.45, 2.75) is 57.2 Å². The second-order valence-electron chi connectivity index (χ2n) is 10.5. The van der Waals surface area contributed by atoms with Crippen molar-refractivity contribution in [3.8, 4) is 0 Å². The van der Waals surface area contributed by atoms with E-state index in [9.17, 15) is 18.0 Å². The summed E-state index contributed by atoms with van der Waals surface area (Å²) in [6.07, 6.45) is 6.21. The number of sulfonamides is 1. The molecule has 0 aromatic heterocycles. The smallest absolute Gasteiger partial charge is 0.244 e. The van der Waals surface area contributed by atoms with Crippen LogP contribution in [0, 0.1) is 0 Å². The molecule has 7 nitrogen and oxygen atoms in total. The first-order valence-corrected chi connectivity index (χ1v) is 16.8. The Morgan fingerprint density at radius 3 is 2.02 bits per heavy atom. The Hall–Kier alpha value is -2.78. The van der Waals surface area contributed by atoms with Gasteiger partial charge in [-0.1, -0.05) is 115 Å². The minimum absolute atomic E-state index is 0.0212. The van der Waals surface area contributed by atoms with Crippen LogP contribution in [-0.2, 0) is 32.6 Å². The molecule has 3 aromatic carbocycles. The van der Waals surface area contributed by atoms with E-state index in [4.69, 9.17) is 34.8 Å². The molecule has 1 saturated carbocycles. The SMILES string of the molecule is CS(=O)(=O)N(CC(=O)N(Cc1ccccc1)C(Cc1ccccc1)C(=O)NC1CCCCC1)c1cc(Cl)c(Cl)cc1Cl. The Kier molecular flexibility index (Phi) is 11.2. The fourth-order valence-electron chi connectivity index (χ4n) is 5.18. The molecule has 1 N–H and O–H groups in total. The second kappa shape index (κ2) is 14.6. The lowest BCUT2D eigenvalue weighted by Crippen LogP contribution is -2.55. The Morgan fingerprint density at radius 2 is 1.43 bits per heavy atom. The molecule has 1 unspecified atom stereocenters. The number of anilines is 1. The van der Waals surface area contributed by atoms with Crippen LogP contribution >= 0.6 is 34.8 Å². The van der Waals surface area contributed by atoms with E-state index < -0.39 is 28.5 Å². The fourth-order valence-corrected chi connectivity index (χ4v) is 6.72. The van der Waals surface area contributed by atoms with E-state index in [-0.39, 0.29) is 45.7 Å². The van der Waals surface area contributed by atoms with Crippen LogP contribution in [0.1, 0.15) is 43.2 Å². The van der Waals surface area contributed by atoms with Crippen LogP contribution in [-0.4, -0.2) is 50.0 Å². The third kappa shape index (κ3) is 8.63. The van der Waals surface area contributed by atoms with Gasteiger partial charge in [0.25, 0.3) is 0 Å². The van der Waals surface area contributed by atoms with Gasteiger partial charge in [0.15, 0.2) is 0 Å². The number of nitrogens with one attached hydrogen (secondary N) is 1. The van der Waals surface area contributed by atoms with E-state index in [2.05, 4.69) is 5.32 Å². The minimum atomic E-state index is -4.00. The number of halogens is 3. The molecule has 0 aliphatic heterocycles. The van der Waals surface area contributed by atoms with Crippen molar-refractivity contribution in [2.24, 2.45) is 0 Å². The lowest BCUT2D eigenvalue weighted by Gasteiger charge is -2.35. The molecule has 1 atom stereocenters. The van der Waals surface area contributed by atoms with Crippen molar-refractivity contribution in [3.63, 3.8) is 0 Å². The van der Waals surface area contributed by atoms with Gasteiger partial charge in [0.1, 0.15) is 12.6 Å². The zero-order chi connectivity index (χ0) is 30.3. The van der Waals surface area contributed by atoms with E-state index in [0.717, 1.165) is 53.8 Å². The van der Waals surface area contributed by atoms with Gasteiger partial charge >= 0.3 is 0 Å². The van der Waals surface area contributed by atoms with Crippen molar-refractivity contribution >= 4 is 62.3 Å². The fraction of sp³-hybridized carbons (Fsp3) is 0.355. The lowest BCUT2D eigenvalue weighted by atomic mass is 9.94. The zero-order valence-corrected chi connectivity index (χ0v) is 26.4. The predicted molar refractivity (Wildman–Crippen MR) is 170 cm³/mol. The molecule has 11 heteroatoms. The van der Waals surface area contributed by atoms with E-state index in [1.807, 2.05) is 60.7 Å². The predicted octanol–water partition coefficient (Wildman–Crippen LogP) is 6.50. The number of rotatable bonds is 11. The molecule has 0 saturated heterocycles. The van der Waals surface area contributed by atoms with Gasteiger partial charge in [-0.2, -0.15) is 0 Å². The first-order chi connectivity index (χ1) is 20.0. The molecule has 2 amide bonds. The van der Waals surface area contributed by atoms with Gasteiger partial charge < -0.3 is 10.2 Å². The van der Waals surface area contributed by atoms with E-state index in [1.54, 1.807) is 0 Å². The number of carbonyl (C=O) groups excluding carboxylic acids is 2. The summed E-state index contributed by atoms with van der Waals surface area (Å²) in [5.74, 6) is -0.834. The highest BCUT2D eigenvalue weighted by Crippen LogP contribution is 2.35. The number of carbonyl (C=O) groups is 2. The highest BCUT2D eigenvalue weighted by atomic mass is 35.5. The number of hydrogen-bond acceptors (Lipinski definition) is 4. The molecule has 1 fully saturated rings. The van der Waals surface area contributed by atoms with Crippen LogP contribution < -0.4 is 9.62 Å². The standard InChI is InChI=1S/C31H34Cl3N3O4S/c1-42(40,41)37(28-19-26(33)25(32)18-27(28)34)21-30(38)36(20-23-13-7-3-8-14-23)29(17-22-11-5-2-6-12-22)31(39)35-24-15-9-4-10-16-24/h2-3,5-8,11-14,18-19,24,29H,4,9-10,15-17,20-21H2,1H3,(H,35,39). The summed E-state index contributed by atoms with van der Waals surface area (Å²) < 4.78 is 26.9. The van der Waals surface area contributed by atoms with Gasteiger partial charge in [-0.15, -0.1) is 0 Å². The summed E-state index contributed by atoms with van der Waals surface area (Å²) in [4.78, 5) is 29.6. The van der Waals surface area contributed by atoms with Crippen LogP contribution in [0.15, 0.2) is 72.8 Å². The number of benzene rings is 3. The summed E-state index contributed by atoms with van der Waals surface area (Å²) in [5, 5.41) is 3.44. The maximum atomic E-state index is 14.2. The highest BCUT2D eigenvalue weighted by molar-refractivity contribution is 7.92. The second-order valence-corrected chi connectivity index (χ2v) is 13.7. The molecule has 0 bridgehead atoms. The summed E-state index contributed by atoms with van der Waals surface area (Å²) in [6.45, 7) is -0.493. The number of nitrogens with zero attached hydrogens (tertiary/aromatic N) is 2. The van der Waals surface area contributed by atoms with Crippen molar-refractivity contribution < 1.29 is 18.0 Å². The molecule has 0 spiro atoms. The molecule has 224 valence electrons. The molecular formula is C31H34Cl3N3O4S. The molecule has 42 heavy (non-hydrogen) atoms. The van der Waals surface area contributed by atoms with Crippen molar-refractivity contribution in [3.05, 3.63) is 99.0 Å². The molecule has 0 heterocycles. The first-order valence-electron chi connectivity index (χ1n) is 13.8.